The summed E-state index contributed by atoms with van der Waals surface area (Å²) in [4.78, 5) is 0. The van der Waals surface area contributed by atoms with E-state index in [0.29, 0.717) is 12.6 Å². The zero-order valence-electron chi connectivity index (χ0n) is 8.80. The second kappa shape index (κ2) is 5.61. The molecular formula is C10H19F2NO. The number of rotatable bonds is 7. The van der Waals surface area contributed by atoms with E-state index in [-0.39, 0.29) is 12.0 Å². The van der Waals surface area contributed by atoms with Gasteiger partial charge in [-0.3, -0.25) is 0 Å². The highest BCUT2D eigenvalue weighted by molar-refractivity contribution is 4.82. The average Bonchev–Trinajstić information content (AvgIpc) is 2.86. The van der Waals surface area contributed by atoms with E-state index >= 15 is 0 Å². The van der Waals surface area contributed by atoms with Gasteiger partial charge in [0.15, 0.2) is 0 Å². The van der Waals surface area contributed by atoms with Gasteiger partial charge in [0.05, 0.1) is 6.10 Å². The second-order valence-corrected chi connectivity index (χ2v) is 4.19. The van der Waals surface area contributed by atoms with Gasteiger partial charge < -0.3 is 10.1 Å². The van der Waals surface area contributed by atoms with Crippen LogP contribution in [0, 0.1) is 5.92 Å². The SMILES string of the molecule is CC(C)C(CNC1CC1)OCC(F)F. The Morgan fingerprint density at radius 1 is 1.36 bits per heavy atom. The van der Waals surface area contributed by atoms with Gasteiger partial charge >= 0.3 is 0 Å². The van der Waals surface area contributed by atoms with Crippen molar-refractivity contribution in [2.24, 2.45) is 5.92 Å². The van der Waals surface area contributed by atoms with Crippen LogP contribution in [0.4, 0.5) is 8.78 Å². The molecular weight excluding hydrogens is 188 g/mol. The van der Waals surface area contributed by atoms with Gasteiger partial charge in [0.1, 0.15) is 6.61 Å². The molecule has 0 spiro atoms. The number of nitrogens with one attached hydrogen (secondary N) is 1. The van der Waals surface area contributed by atoms with Gasteiger partial charge in [0.2, 0.25) is 0 Å². The van der Waals surface area contributed by atoms with Crippen molar-refractivity contribution >= 4 is 0 Å². The van der Waals surface area contributed by atoms with Crippen molar-refractivity contribution in [3.05, 3.63) is 0 Å². The van der Waals surface area contributed by atoms with E-state index in [1.54, 1.807) is 0 Å². The molecule has 0 heterocycles. The molecule has 0 aromatic carbocycles. The smallest absolute Gasteiger partial charge is 0.261 e. The van der Waals surface area contributed by atoms with E-state index in [1.165, 1.54) is 12.8 Å². The van der Waals surface area contributed by atoms with Crippen LogP contribution in [0.1, 0.15) is 26.7 Å². The maximum atomic E-state index is 11.9. The summed E-state index contributed by atoms with van der Waals surface area (Å²) in [6.45, 7) is 4.22. The topological polar surface area (TPSA) is 21.3 Å². The Balaban J connectivity index is 2.15. The van der Waals surface area contributed by atoms with Crippen LogP contribution in [-0.4, -0.2) is 31.7 Å². The minimum Gasteiger partial charge on any atom is -0.371 e. The molecule has 0 bridgehead atoms. The highest BCUT2D eigenvalue weighted by Crippen LogP contribution is 2.19. The van der Waals surface area contributed by atoms with Gasteiger partial charge in [0.25, 0.3) is 6.43 Å². The molecule has 0 aromatic rings. The number of hydrogen-bond acceptors (Lipinski definition) is 2. The van der Waals surface area contributed by atoms with E-state index < -0.39 is 13.0 Å². The summed E-state index contributed by atoms with van der Waals surface area (Å²) in [5.74, 6) is 0.278. The summed E-state index contributed by atoms with van der Waals surface area (Å²) in [6.07, 6.45) is -0.0407. The quantitative estimate of drug-likeness (QED) is 0.689. The Labute approximate surface area is 84.0 Å². The van der Waals surface area contributed by atoms with Crippen LogP contribution in [0.25, 0.3) is 0 Å². The van der Waals surface area contributed by atoms with Crippen molar-refractivity contribution in [3.63, 3.8) is 0 Å². The molecule has 1 atom stereocenters. The molecule has 0 saturated heterocycles. The molecule has 0 amide bonds. The Hall–Kier alpha value is -0.220. The zero-order chi connectivity index (χ0) is 10.6. The molecule has 1 saturated carbocycles. The van der Waals surface area contributed by atoms with Gasteiger partial charge in [-0.2, -0.15) is 0 Å². The summed E-state index contributed by atoms with van der Waals surface area (Å²) in [5, 5.41) is 3.29. The van der Waals surface area contributed by atoms with E-state index in [2.05, 4.69) is 5.32 Å². The third-order valence-electron chi connectivity index (χ3n) is 2.36. The molecule has 84 valence electrons. The normalized spacial score (nSPS) is 19.3. The number of ether oxygens (including phenoxy) is 1. The first-order chi connectivity index (χ1) is 6.59. The lowest BCUT2D eigenvalue weighted by molar-refractivity contribution is -0.0401. The van der Waals surface area contributed by atoms with Crippen LogP contribution in [0.5, 0.6) is 0 Å². The molecule has 1 aliphatic rings. The van der Waals surface area contributed by atoms with E-state index in [0.717, 1.165) is 0 Å². The van der Waals surface area contributed by atoms with Crippen LogP contribution in [0.2, 0.25) is 0 Å². The molecule has 14 heavy (non-hydrogen) atoms. The molecule has 4 heteroatoms. The molecule has 1 rings (SSSR count). The first-order valence-corrected chi connectivity index (χ1v) is 5.22. The minimum absolute atomic E-state index is 0.0930. The van der Waals surface area contributed by atoms with E-state index in [9.17, 15) is 8.78 Å². The highest BCUT2D eigenvalue weighted by atomic mass is 19.3. The summed E-state index contributed by atoms with van der Waals surface area (Å²) in [7, 11) is 0. The molecule has 0 aliphatic heterocycles. The van der Waals surface area contributed by atoms with Gasteiger partial charge in [-0.05, 0) is 18.8 Å². The number of alkyl halides is 2. The fraction of sp³-hybridized carbons (Fsp3) is 1.00. The standard InChI is InChI=1S/C10H19F2NO/c1-7(2)9(14-6-10(11)12)5-13-8-3-4-8/h7-10,13H,3-6H2,1-2H3. The van der Waals surface area contributed by atoms with Crippen molar-refractivity contribution in [1.82, 2.24) is 5.32 Å². The maximum absolute atomic E-state index is 11.9. The first kappa shape index (κ1) is 11.9. The van der Waals surface area contributed by atoms with Crippen LogP contribution < -0.4 is 5.32 Å². The number of halogens is 2. The van der Waals surface area contributed by atoms with Gasteiger partial charge in [-0.25, -0.2) is 8.78 Å². The van der Waals surface area contributed by atoms with Gasteiger partial charge in [-0.1, -0.05) is 13.8 Å². The van der Waals surface area contributed by atoms with Crippen molar-refractivity contribution in [2.45, 2.75) is 45.3 Å². The molecule has 1 unspecified atom stereocenters. The van der Waals surface area contributed by atoms with Crippen molar-refractivity contribution in [1.29, 1.82) is 0 Å². The van der Waals surface area contributed by atoms with Crippen LogP contribution in [-0.2, 0) is 4.74 Å². The predicted octanol–water partition coefficient (Wildman–Crippen LogP) is 2.04. The highest BCUT2D eigenvalue weighted by Gasteiger charge is 2.23. The Morgan fingerprint density at radius 3 is 2.43 bits per heavy atom. The molecule has 0 aromatic heterocycles. The summed E-state index contributed by atoms with van der Waals surface area (Å²) >= 11 is 0. The zero-order valence-corrected chi connectivity index (χ0v) is 8.80. The third kappa shape index (κ3) is 4.86. The molecule has 1 aliphatic carbocycles. The molecule has 1 fully saturated rings. The number of hydrogen-bond donors (Lipinski definition) is 1. The molecule has 2 nitrogen and oxygen atoms in total. The monoisotopic (exact) mass is 207 g/mol. The lowest BCUT2D eigenvalue weighted by atomic mass is 10.1. The van der Waals surface area contributed by atoms with E-state index in [1.807, 2.05) is 13.8 Å². The minimum atomic E-state index is -2.36. The Morgan fingerprint density at radius 2 is 2.00 bits per heavy atom. The Kier molecular flexibility index (Phi) is 4.75. The predicted molar refractivity (Wildman–Crippen MR) is 51.6 cm³/mol. The fourth-order valence-corrected chi connectivity index (χ4v) is 1.25. The van der Waals surface area contributed by atoms with Crippen LogP contribution in [0.3, 0.4) is 0 Å². The third-order valence-corrected chi connectivity index (χ3v) is 2.36. The van der Waals surface area contributed by atoms with Crippen LogP contribution in [0.15, 0.2) is 0 Å². The van der Waals surface area contributed by atoms with Crippen molar-refractivity contribution < 1.29 is 13.5 Å². The largest absolute Gasteiger partial charge is 0.371 e. The lowest BCUT2D eigenvalue weighted by Crippen LogP contribution is -2.35. The fourth-order valence-electron chi connectivity index (χ4n) is 1.25. The summed E-state index contributed by atoms with van der Waals surface area (Å²) < 4.78 is 29.0. The lowest BCUT2D eigenvalue weighted by Gasteiger charge is -2.21. The average molecular weight is 207 g/mol. The van der Waals surface area contributed by atoms with Gasteiger partial charge in [0, 0.05) is 12.6 Å². The molecule has 1 N–H and O–H groups in total. The van der Waals surface area contributed by atoms with Crippen LogP contribution >= 0.6 is 0 Å². The molecule has 0 radical (unpaired) electrons. The van der Waals surface area contributed by atoms with Crippen molar-refractivity contribution in [3.8, 4) is 0 Å². The second-order valence-electron chi connectivity index (χ2n) is 4.19. The van der Waals surface area contributed by atoms with E-state index in [4.69, 9.17) is 4.74 Å². The van der Waals surface area contributed by atoms with Gasteiger partial charge in [-0.15, -0.1) is 0 Å². The van der Waals surface area contributed by atoms with Crippen molar-refractivity contribution in [2.75, 3.05) is 13.2 Å². The summed E-state index contributed by atoms with van der Waals surface area (Å²) in [6, 6.07) is 0.603. The summed E-state index contributed by atoms with van der Waals surface area (Å²) in [5.41, 5.74) is 0. The Bertz CT molecular complexity index is 154. The first-order valence-electron chi connectivity index (χ1n) is 5.22. The maximum Gasteiger partial charge on any atom is 0.261 e.